The molecule has 0 bridgehead atoms. The van der Waals surface area contributed by atoms with Gasteiger partial charge in [-0.05, 0) is 24.5 Å². The first-order chi connectivity index (χ1) is 12.2. The van der Waals surface area contributed by atoms with Crippen LogP contribution in [0.2, 0.25) is 0 Å². The van der Waals surface area contributed by atoms with Crippen molar-refractivity contribution in [3.8, 4) is 0 Å². The Morgan fingerprint density at radius 1 is 1.19 bits per heavy atom. The largest absolute Gasteiger partial charge is 0.339 e. The normalized spacial score (nSPS) is 18.2. The molecule has 5 heteroatoms. The zero-order valence-electron chi connectivity index (χ0n) is 16.0. The summed E-state index contributed by atoms with van der Waals surface area (Å²) in [5.74, 6) is 0.155. The van der Waals surface area contributed by atoms with Crippen molar-refractivity contribution in [1.29, 1.82) is 0 Å². The van der Waals surface area contributed by atoms with Crippen molar-refractivity contribution >= 4 is 22.7 Å². The van der Waals surface area contributed by atoms with Crippen LogP contribution in [0.1, 0.15) is 44.5 Å². The molecule has 3 rings (SSSR count). The Morgan fingerprint density at radius 3 is 2.62 bits per heavy atom. The van der Waals surface area contributed by atoms with E-state index in [0.717, 1.165) is 10.9 Å². The predicted octanol–water partition coefficient (Wildman–Crippen LogP) is 3.34. The lowest BCUT2D eigenvalue weighted by Gasteiger charge is -2.40. The highest BCUT2D eigenvalue weighted by molar-refractivity contribution is 5.97. The van der Waals surface area contributed by atoms with E-state index in [1.54, 1.807) is 6.20 Å². The molecule has 0 aliphatic carbocycles. The van der Waals surface area contributed by atoms with Crippen LogP contribution in [0, 0.1) is 5.41 Å². The third-order valence-corrected chi connectivity index (χ3v) is 4.76. The molecule has 2 heterocycles. The van der Waals surface area contributed by atoms with Gasteiger partial charge in [0.1, 0.15) is 0 Å². The van der Waals surface area contributed by atoms with Crippen LogP contribution in [0.25, 0.3) is 10.9 Å². The van der Waals surface area contributed by atoms with Crippen molar-refractivity contribution in [3.63, 3.8) is 0 Å². The van der Waals surface area contributed by atoms with Gasteiger partial charge in [0, 0.05) is 43.7 Å². The first-order valence-corrected chi connectivity index (χ1v) is 9.18. The van der Waals surface area contributed by atoms with Gasteiger partial charge in [-0.1, -0.05) is 39.0 Å². The maximum Gasteiger partial charge on any atom is 0.255 e. The van der Waals surface area contributed by atoms with Gasteiger partial charge < -0.3 is 9.80 Å². The van der Waals surface area contributed by atoms with Gasteiger partial charge in [-0.25, -0.2) is 0 Å². The van der Waals surface area contributed by atoms with Crippen molar-refractivity contribution in [2.24, 2.45) is 5.41 Å². The topological polar surface area (TPSA) is 53.5 Å². The quantitative estimate of drug-likeness (QED) is 0.832. The van der Waals surface area contributed by atoms with Gasteiger partial charge in [-0.3, -0.25) is 14.6 Å². The predicted molar refractivity (Wildman–Crippen MR) is 103 cm³/mol. The van der Waals surface area contributed by atoms with E-state index in [9.17, 15) is 9.59 Å². The zero-order valence-corrected chi connectivity index (χ0v) is 16.0. The van der Waals surface area contributed by atoms with Crippen LogP contribution in [0.5, 0.6) is 0 Å². The van der Waals surface area contributed by atoms with E-state index < -0.39 is 0 Å². The van der Waals surface area contributed by atoms with Crippen molar-refractivity contribution in [2.75, 3.05) is 19.6 Å². The Hall–Kier alpha value is -2.43. The lowest BCUT2D eigenvalue weighted by atomic mass is 9.91. The van der Waals surface area contributed by atoms with E-state index in [2.05, 4.69) is 25.8 Å². The highest BCUT2D eigenvalue weighted by Gasteiger charge is 2.31. The van der Waals surface area contributed by atoms with Gasteiger partial charge in [0.2, 0.25) is 5.91 Å². The van der Waals surface area contributed by atoms with Crippen molar-refractivity contribution in [2.45, 2.75) is 40.2 Å². The van der Waals surface area contributed by atoms with Crippen molar-refractivity contribution in [3.05, 3.63) is 42.1 Å². The summed E-state index contributed by atoms with van der Waals surface area (Å²) in [6, 6.07) is 9.67. The average Bonchev–Trinajstić information content (AvgIpc) is 2.59. The molecule has 0 N–H and O–H groups in total. The molecule has 138 valence electrons. The number of fused-ring (bicyclic) bond motifs is 1. The molecule has 1 aliphatic heterocycles. The second-order valence-corrected chi connectivity index (χ2v) is 8.34. The van der Waals surface area contributed by atoms with E-state index >= 15 is 0 Å². The first kappa shape index (κ1) is 18.4. The van der Waals surface area contributed by atoms with Crippen LogP contribution in [0.15, 0.2) is 36.5 Å². The number of carbonyl (C=O) groups is 2. The Morgan fingerprint density at radius 2 is 1.92 bits per heavy atom. The summed E-state index contributed by atoms with van der Waals surface area (Å²) in [4.78, 5) is 33.5. The van der Waals surface area contributed by atoms with E-state index in [-0.39, 0.29) is 23.3 Å². The summed E-state index contributed by atoms with van der Waals surface area (Å²) < 4.78 is 0. The van der Waals surface area contributed by atoms with Crippen molar-refractivity contribution in [1.82, 2.24) is 14.8 Å². The molecule has 1 aliphatic rings. The molecule has 5 nitrogen and oxygen atoms in total. The number of carbonyl (C=O) groups excluding carboxylic acids is 2. The maximum atomic E-state index is 12.9. The summed E-state index contributed by atoms with van der Waals surface area (Å²) in [5, 5.41) is 0.963. The molecule has 2 amide bonds. The minimum Gasteiger partial charge on any atom is -0.339 e. The second-order valence-electron chi connectivity index (χ2n) is 8.34. The summed E-state index contributed by atoms with van der Waals surface area (Å²) in [7, 11) is 0. The summed E-state index contributed by atoms with van der Waals surface area (Å²) >= 11 is 0. The molecule has 1 atom stereocenters. The number of piperazine rings is 1. The van der Waals surface area contributed by atoms with Crippen LogP contribution in [0.3, 0.4) is 0 Å². The molecule has 1 saturated heterocycles. The van der Waals surface area contributed by atoms with Crippen molar-refractivity contribution < 1.29 is 9.59 Å². The van der Waals surface area contributed by atoms with Gasteiger partial charge in [0.05, 0.1) is 11.1 Å². The molecule has 1 unspecified atom stereocenters. The third kappa shape index (κ3) is 4.03. The molecule has 1 aromatic heterocycles. The molecule has 0 spiro atoms. The molecular weight excluding hydrogens is 326 g/mol. The minimum absolute atomic E-state index is 0.00774. The number of aromatic nitrogens is 1. The molecule has 26 heavy (non-hydrogen) atoms. The number of hydrogen-bond donors (Lipinski definition) is 0. The highest BCUT2D eigenvalue weighted by Crippen LogP contribution is 2.22. The molecule has 1 fully saturated rings. The van der Waals surface area contributed by atoms with Crippen LogP contribution in [-0.4, -0.2) is 52.3 Å². The average molecular weight is 353 g/mol. The smallest absolute Gasteiger partial charge is 0.255 e. The number of amides is 2. The lowest BCUT2D eigenvalue weighted by molar-refractivity contribution is -0.135. The number of benzene rings is 1. The molecule has 2 aromatic rings. The van der Waals surface area contributed by atoms with E-state index in [1.165, 1.54) is 0 Å². The van der Waals surface area contributed by atoms with Crippen LogP contribution in [-0.2, 0) is 4.79 Å². The van der Waals surface area contributed by atoms with Crippen LogP contribution in [0.4, 0.5) is 0 Å². The Balaban J connectivity index is 1.70. The fourth-order valence-corrected chi connectivity index (χ4v) is 3.41. The maximum absolute atomic E-state index is 12.9. The summed E-state index contributed by atoms with van der Waals surface area (Å²) in [6.45, 7) is 9.95. The van der Waals surface area contributed by atoms with Gasteiger partial charge in [-0.15, -0.1) is 0 Å². The number of nitrogens with zero attached hydrogens (tertiary/aromatic N) is 3. The van der Waals surface area contributed by atoms with Crippen LogP contribution >= 0.6 is 0 Å². The van der Waals surface area contributed by atoms with Gasteiger partial charge in [0.25, 0.3) is 5.91 Å². The molecule has 1 aromatic carbocycles. The molecule has 0 radical (unpaired) electrons. The fraction of sp³-hybridized carbons (Fsp3) is 0.476. The van der Waals surface area contributed by atoms with Gasteiger partial charge in [0.15, 0.2) is 0 Å². The Kier molecular flexibility index (Phi) is 4.99. The van der Waals surface area contributed by atoms with E-state index in [4.69, 9.17) is 0 Å². The molecular formula is C21H27N3O2. The van der Waals surface area contributed by atoms with E-state index in [1.807, 2.05) is 47.1 Å². The number of para-hydroxylation sites is 1. The summed E-state index contributed by atoms with van der Waals surface area (Å²) in [6.07, 6.45) is 2.18. The number of pyridine rings is 1. The Labute approximate surface area is 155 Å². The van der Waals surface area contributed by atoms with Gasteiger partial charge >= 0.3 is 0 Å². The number of hydrogen-bond acceptors (Lipinski definition) is 3. The zero-order chi connectivity index (χ0) is 18.9. The second kappa shape index (κ2) is 7.06. The van der Waals surface area contributed by atoms with E-state index in [0.29, 0.717) is 31.6 Å². The standard InChI is InChI=1S/C21H27N3O2/c1-15-14-23(19(25)12-21(2,3)4)9-10-24(15)20(26)17-11-16-7-5-6-8-18(16)22-13-17/h5-8,11,13,15H,9-10,12,14H2,1-4H3. The third-order valence-electron chi connectivity index (χ3n) is 4.76. The number of rotatable bonds is 2. The van der Waals surface area contributed by atoms with Crippen LogP contribution < -0.4 is 0 Å². The molecule has 0 saturated carbocycles. The first-order valence-electron chi connectivity index (χ1n) is 9.18. The van der Waals surface area contributed by atoms with Gasteiger partial charge in [-0.2, -0.15) is 0 Å². The Bertz CT molecular complexity index is 825. The highest BCUT2D eigenvalue weighted by atomic mass is 16.2. The monoisotopic (exact) mass is 353 g/mol. The summed E-state index contributed by atoms with van der Waals surface area (Å²) in [5.41, 5.74) is 1.46. The lowest BCUT2D eigenvalue weighted by Crippen LogP contribution is -2.55. The fourth-order valence-electron chi connectivity index (χ4n) is 3.41. The SMILES string of the molecule is CC1CN(C(=O)CC(C)(C)C)CCN1C(=O)c1cnc2ccccc2c1. The minimum atomic E-state index is -0.0238.